The van der Waals surface area contributed by atoms with Crippen LogP contribution < -0.4 is 4.74 Å². The number of amides is 1. The molecule has 0 aliphatic carbocycles. The van der Waals surface area contributed by atoms with Crippen LogP contribution in [0.15, 0.2) is 16.6 Å². The van der Waals surface area contributed by atoms with Crippen molar-refractivity contribution in [3.63, 3.8) is 0 Å². The fraction of sp³-hybridized carbons (Fsp3) is 0.611. The van der Waals surface area contributed by atoms with Crippen molar-refractivity contribution in [1.82, 2.24) is 4.90 Å². The number of morpholine rings is 1. The fourth-order valence-electron chi connectivity index (χ4n) is 2.78. The highest BCUT2D eigenvalue weighted by Crippen LogP contribution is 2.30. The molecule has 0 saturated carbocycles. The smallest absolute Gasteiger partial charge is 0.410 e. The number of carbonyl (C=O) groups is 1. The summed E-state index contributed by atoms with van der Waals surface area (Å²) >= 11 is 3.54. The Labute approximate surface area is 152 Å². The Morgan fingerprint density at radius 3 is 2.71 bits per heavy atom. The minimum Gasteiger partial charge on any atom is -0.495 e. The van der Waals surface area contributed by atoms with Gasteiger partial charge in [-0.1, -0.05) is 6.07 Å². The fourth-order valence-corrected chi connectivity index (χ4v) is 3.54. The highest BCUT2D eigenvalue weighted by Gasteiger charge is 2.28. The van der Waals surface area contributed by atoms with Crippen LogP contribution in [0.3, 0.4) is 0 Å². The Balaban J connectivity index is 2.02. The first-order valence-corrected chi connectivity index (χ1v) is 8.91. The summed E-state index contributed by atoms with van der Waals surface area (Å²) in [6.45, 7) is 9.28. The highest BCUT2D eigenvalue weighted by atomic mass is 79.9. The number of ether oxygens (including phenoxy) is 3. The average molecular weight is 400 g/mol. The maximum absolute atomic E-state index is 12.2. The second kappa shape index (κ2) is 7.74. The molecular formula is C18H26BrNO4. The summed E-state index contributed by atoms with van der Waals surface area (Å²) in [5.41, 5.74) is 1.74. The summed E-state index contributed by atoms with van der Waals surface area (Å²) in [5, 5.41) is 0. The topological polar surface area (TPSA) is 48.0 Å². The van der Waals surface area contributed by atoms with E-state index in [0.29, 0.717) is 19.7 Å². The van der Waals surface area contributed by atoms with E-state index in [9.17, 15) is 4.79 Å². The number of hydrogen-bond acceptors (Lipinski definition) is 4. The molecule has 134 valence electrons. The molecule has 0 aromatic heterocycles. The molecule has 0 radical (unpaired) electrons. The summed E-state index contributed by atoms with van der Waals surface area (Å²) < 4.78 is 17.6. The van der Waals surface area contributed by atoms with Crippen LogP contribution in [0.25, 0.3) is 0 Å². The lowest BCUT2D eigenvalue weighted by atomic mass is 10.0. The largest absolute Gasteiger partial charge is 0.495 e. The summed E-state index contributed by atoms with van der Waals surface area (Å²) in [4.78, 5) is 14.0. The predicted octanol–water partition coefficient (Wildman–Crippen LogP) is 3.94. The zero-order valence-corrected chi connectivity index (χ0v) is 16.6. The van der Waals surface area contributed by atoms with Crippen LogP contribution in [-0.2, 0) is 15.9 Å². The number of benzene rings is 1. The van der Waals surface area contributed by atoms with Gasteiger partial charge in [-0.05, 0) is 60.8 Å². The molecular weight excluding hydrogens is 374 g/mol. The lowest BCUT2D eigenvalue weighted by molar-refractivity contribution is -0.0415. The van der Waals surface area contributed by atoms with Gasteiger partial charge in [0.05, 0.1) is 30.8 Å². The molecule has 1 aliphatic heterocycles. The number of hydrogen-bond donors (Lipinski definition) is 0. The molecule has 0 spiro atoms. The Hall–Kier alpha value is -1.27. The maximum atomic E-state index is 12.2. The Kier molecular flexibility index (Phi) is 6.15. The van der Waals surface area contributed by atoms with E-state index < -0.39 is 5.60 Å². The van der Waals surface area contributed by atoms with Crippen LogP contribution >= 0.6 is 15.9 Å². The van der Waals surface area contributed by atoms with E-state index in [0.717, 1.165) is 27.8 Å². The molecule has 0 N–H and O–H groups in total. The zero-order valence-electron chi connectivity index (χ0n) is 15.0. The molecule has 1 aromatic rings. The molecule has 1 aromatic carbocycles. The second-order valence-electron chi connectivity index (χ2n) is 7.05. The highest BCUT2D eigenvalue weighted by molar-refractivity contribution is 9.10. The van der Waals surface area contributed by atoms with Gasteiger partial charge in [0, 0.05) is 13.0 Å². The van der Waals surface area contributed by atoms with Crippen molar-refractivity contribution in [2.24, 2.45) is 0 Å². The van der Waals surface area contributed by atoms with Crippen molar-refractivity contribution in [2.75, 3.05) is 26.8 Å². The first-order valence-electron chi connectivity index (χ1n) is 8.12. The van der Waals surface area contributed by atoms with E-state index >= 15 is 0 Å². The van der Waals surface area contributed by atoms with E-state index in [1.54, 1.807) is 12.0 Å². The molecule has 1 aliphatic rings. The molecule has 0 bridgehead atoms. The summed E-state index contributed by atoms with van der Waals surface area (Å²) in [5.74, 6) is 0.846. The van der Waals surface area contributed by atoms with Gasteiger partial charge in [0.1, 0.15) is 11.4 Å². The molecule has 24 heavy (non-hydrogen) atoms. The third-order valence-corrected chi connectivity index (χ3v) is 4.34. The predicted molar refractivity (Wildman–Crippen MR) is 96.7 cm³/mol. The van der Waals surface area contributed by atoms with Gasteiger partial charge in [-0.2, -0.15) is 0 Å². The quantitative estimate of drug-likeness (QED) is 0.771. The Morgan fingerprint density at radius 2 is 2.12 bits per heavy atom. The van der Waals surface area contributed by atoms with E-state index in [1.165, 1.54) is 0 Å². The number of carbonyl (C=O) groups excluding carboxylic acids is 1. The number of aryl methyl sites for hydroxylation is 1. The lowest BCUT2D eigenvalue weighted by Gasteiger charge is -2.34. The molecule has 1 amide bonds. The van der Waals surface area contributed by atoms with E-state index in [1.807, 2.05) is 33.8 Å². The Bertz CT molecular complexity index is 574. The monoisotopic (exact) mass is 399 g/mol. The average Bonchev–Trinajstić information content (AvgIpc) is 2.45. The minimum absolute atomic E-state index is 0.0361. The number of methoxy groups -OCH3 is 1. The molecule has 1 unspecified atom stereocenters. The molecule has 1 atom stereocenters. The van der Waals surface area contributed by atoms with Gasteiger partial charge in [0.15, 0.2) is 0 Å². The van der Waals surface area contributed by atoms with E-state index in [2.05, 4.69) is 22.0 Å². The van der Waals surface area contributed by atoms with Gasteiger partial charge >= 0.3 is 6.09 Å². The van der Waals surface area contributed by atoms with Crippen molar-refractivity contribution < 1.29 is 19.0 Å². The van der Waals surface area contributed by atoms with Gasteiger partial charge in [-0.3, -0.25) is 0 Å². The van der Waals surface area contributed by atoms with Gasteiger partial charge in [0.25, 0.3) is 0 Å². The van der Waals surface area contributed by atoms with Crippen LogP contribution in [0.1, 0.15) is 31.9 Å². The standard InChI is InChI=1S/C18H26BrNO4/c1-12-8-13(10-15(19)16(12)22-5)9-14-11-20(6-7-23-14)17(21)24-18(2,3)4/h8,10,14H,6-7,9,11H2,1-5H3. The summed E-state index contributed by atoms with van der Waals surface area (Å²) in [6, 6.07) is 4.14. The van der Waals surface area contributed by atoms with Crippen molar-refractivity contribution in [3.8, 4) is 5.75 Å². The van der Waals surface area contributed by atoms with Crippen molar-refractivity contribution in [2.45, 2.75) is 45.8 Å². The van der Waals surface area contributed by atoms with Crippen LogP contribution in [0.4, 0.5) is 4.79 Å². The zero-order chi connectivity index (χ0) is 17.9. The van der Waals surface area contributed by atoms with E-state index in [4.69, 9.17) is 14.2 Å². The van der Waals surface area contributed by atoms with Gasteiger partial charge < -0.3 is 19.1 Å². The van der Waals surface area contributed by atoms with Gasteiger partial charge in [-0.25, -0.2) is 4.79 Å². The molecule has 2 rings (SSSR count). The van der Waals surface area contributed by atoms with Crippen molar-refractivity contribution >= 4 is 22.0 Å². The van der Waals surface area contributed by atoms with Gasteiger partial charge in [0.2, 0.25) is 0 Å². The molecule has 1 heterocycles. The van der Waals surface area contributed by atoms with E-state index in [-0.39, 0.29) is 12.2 Å². The van der Waals surface area contributed by atoms with Crippen LogP contribution in [0, 0.1) is 6.92 Å². The molecule has 1 fully saturated rings. The summed E-state index contributed by atoms with van der Waals surface area (Å²) in [7, 11) is 1.66. The van der Waals surface area contributed by atoms with Crippen molar-refractivity contribution in [1.29, 1.82) is 0 Å². The third kappa shape index (κ3) is 5.11. The first kappa shape index (κ1) is 19.1. The SMILES string of the molecule is COc1c(C)cc(CC2CN(C(=O)OC(C)(C)C)CCO2)cc1Br. The number of rotatable bonds is 3. The molecule has 1 saturated heterocycles. The third-order valence-electron chi connectivity index (χ3n) is 3.75. The lowest BCUT2D eigenvalue weighted by Crippen LogP contribution is -2.48. The minimum atomic E-state index is -0.483. The van der Waals surface area contributed by atoms with Crippen LogP contribution in [-0.4, -0.2) is 49.5 Å². The normalized spacial score (nSPS) is 18.4. The first-order chi connectivity index (χ1) is 11.2. The second-order valence-corrected chi connectivity index (χ2v) is 7.91. The van der Waals surface area contributed by atoms with Gasteiger partial charge in [-0.15, -0.1) is 0 Å². The van der Waals surface area contributed by atoms with Crippen molar-refractivity contribution in [3.05, 3.63) is 27.7 Å². The number of halogens is 1. The van der Waals surface area contributed by atoms with Crippen LogP contribution in [0.5, 0.6) is 5.75 Å². The molecule has 5 nitrogen and oxygen atoms in total. The maximum Gasteiger partial charge on any atom is 0.410 e. The van der Waals surface area contributed by atoms with Crippen LogP contribution in [0.2, 0.25) is 0 Å². The number of nitrogens with zero attached hydrogens (tertiary/aromatic N) is 1. The molecule has 6 heteroatoms. The summed E-state index contributed by atoms with van der Waals surface area (Å²) in [6.07, 6.45) is 0.428. The Morgan fingerprint density at radius 1 is 1.42 bits per heavy atom.